The quantitative estimate of drug-likeness (QED) is 0.392. The second-order valence-corrected chi connectivity index (χ2v) is 5.84. The molecule has 0 N–H and O–H groups in total. The molecular formula is C20H13N3O5. The molecule has 8 nitrogen and oxygen atoms in total. The van der Waals surface area contributed by atoms with Crippen molar-refractivity contribution in [3.05, 3.63) is 77.9 Å². The molecule has 0 unspecified atom stereocenters. The molecule has 0 saturated heterocycles. The number of hydrogen-bond acceptors (Lipinski definition) is 7. The summed E-state index contributed by atoms with van der Waals surface area (Å²) < 4.78 is 10.4. The molecular weight excluding hydrogens is 362 g/mol. The maximum atomic E-state index is 12.4. The first kappa shape index (κ1) is 17.3. The summed E-state index contributed by atoms with van der Waals surface area (Å²) >= 11 is 0. The van der Waals surface area contributed by atoms with Gasteiger partial charge in [-0.15, -0.1) is 0 Å². The molecule has 0 saturated carbocycles. The van der Waals surface area contributed by atoms with Crippen LogP contribution in [0.2, 0.25) is 0 Å². The van der Waals surface area contributed by atoms with E-state index in [0.29, 0.717) is 17.2 Å². The van der Waals surface area contributed by atoms with Crippen molar-refractivity contribution < 1.29 is 23.9 Å². The first-order chi connectivity index (χ1) is 13.6. The molecule has 0 spiro atoms. The average molecular weight is 375 g/mol. The Morgan fingerprint density at radius 2 is 1.61 bits per heavy atom. The third-order valence-corrected chi connectivity index (χ3v) is 4.18. The van der Waals surface area contributed by atoms with Gasteiger partial charge in [-0.1, -0.05) is 0 Å². The maximum Gasteiger partial charge on any atom is 0.343 e. The van der Waals surface area contributed by atoms with E-state index in [9.17, 15) is 14.4 Å². The first-order valence-electron chi connectivity index (χ1n) is 8.23. The second-order valence-electron chi connectivity index (χ2n) is 5.84. The summed E-state index contributed by atoms with van der Waals surface area (Å²) in [6.45, 7) is 0. The molecule has 0 bridgehead atoms. The van der Waals surface area contributed by atoms with Gasteiger partial charge in [0.1, 0.15) is 23.5 Å². The summed E-state index contributed by atoms with van der Waals surface area (Å²) in [4.78, 5) is 45.8. The third-order valence-electron chi connectivity index (χ3n) is 4.18. The molecule has 1 aromatic heterocycles. The molecule has 2 amide bonds. The number of fused-ring (bicyclic) bond motifs is 1. The third kappa shape index (κ3) is 2.96. The van der Waals surface area contributed by atoms with E-state index in [-0.39, 0.29) is 16.8 Å². The van der Waals surface area contributed by atoms with Gasteiger partial charge in [-0.25, -0.2) is 19.7 Å². The van der Waals surface area contributed by atoms with E-state index in [2.05, 4.69) is 9.97 Å². The summed E-state index contributed by atoms with van der Waals surface area (Å²) in [6.07, 6.45) is 2.52. The molecule has 0 radical (unpaired) electrons. The maximum absolute atomic E-state index is 12.4. The first-order valence-corrected chi connectivity index (χ1v) is 8.23. The van der Waals surface area contributed by atoms with E-state index >= 15 is 0 Å². The molecule has 0 atom stereocenters. The van der Waals surface area contributed by atoms with Crippen LogP contribution in [0.15, 0.2) is 61.1 Å². The highest BCUT2D eigenvalue weighted by Crippen LogP contribution is 2.27. The zero-order valence-corrected chi connectivity index (χ0v) is 14.7. The summed E-state index contributed by atoms with van der Waals surface area (Å²) in [5.41, 5.74) is 0.809. The van der Waals surface area contributed by atoms with Crippen molar-refractivity contribution in [3.63, 3.8) is 0 Å². The van der Waals surface area contributed by atoms with Crippen LogP contribution in [0.4, 0.5) is 5.69 Å². The number of methoxy groups -OCH3 is 1. The lowest BCUT2D eigenvalue weighted by atomic mass is 10.2. The largest absolute Gasteiger partial charge is 0.497 e. The number of nitrogens with zero attached hydrogens (tertiary/aromatic N) is 3. The molecule has 2 aromatic carbocycles. The summed E-state index contributed by atoms with van der Waals surface area (Å²) in [5.74, 6) is -0.585. The molecule has 1 aliphatic rings. The van der Waals surface area contributed by atoms with Crippen LogP contribution in [0.1, 0.15) is 31.2 Å². The molecule has 28 heavy (non-hydrogen) atoms. The monoisotopic (exact) mass is 375 g/mol. The van der Waals surface area contributed by atoms with E-state index < -0.39 is 17.8 Å². The fourth-order valence-corrected chi connectivity index (χ4v) is 2.77. The van der Waals surface area contributed by atoms with Gasteiger partial charge in [0.15, 0.2) is 0 Å². The predicted molar refractivity (Wildman–Crippen MR) is 97.6 cm³/mol. The smallest absolute Gasteiger partial charge is 0.343 e. The summed E-state index contributed by atoms with van der Waals surface area (Å²) in [7, 11) is 1.55. The fourth-order valence-electron chi connectivity index (χ4n) is 2.77. The van der Waals surface area contributed by atoms with Crippen LogP contribution in [-0.2, 0) is 0 Å². The SMILES string of the molecule is COc1ccc(OC(=O)c2ccc(N3C(=O)c4cncnc4C3=O)cc2)cc1. The Labute approximate surface area is 159 Å². The van der Waals surface area contributed by atoms with Crippen LogP contribution in [0.5, 0.6) is 11.5 Å². The van der Waals surface area contributed by atoms with Crippen molar-refractivity contribution in [2.24, 2.45) is 0 Å². The fraction of sp³-hybridized carbons (Fsp3) is 0.0500. The molecule has 2 heterocycles. The lowest BCUT2D eigenvalue weighted by Gasteiger charge is -2.13. The minimum atomic E-state index is -0.565. The van der Waals surface area contributed by atoms with Crippen LogP contribution < -0.4 is 14.4 Å². The average Bonchev–Trinajstić information content (AvgIpc) is 2.99. The van der Waals surface area contributed by atoms with E-state index in [1.54, 1.807) is 31.4 Å². The number of amides is 2. The molecule has 3 aromatic rings. The number of esters is 1. The van der Waals surface area contributed by atoms with E-state index in [1.165, 1.54) is 36.8 Å². The Kier molecular flexibility index (Phi) is 4.29. The Bertz CT molecular complexity index is 1040. The van der Waals surface area contributed by atoms with Crippen molar-refractivity contribution >= 4 is 23.5 Å². The minimum absolute atomic E-state index is 0.0583. The number of rotatable bonds is 4. The highest BCUT2D eigenvalue weighted by Gasteiger charge is 2.38. The zero-order valence-electron chi connectivity index (χ0n) is 14.7. The molecule has 1 aliphatic heterocycles. The lowest BCUT2D eigenvalue weighted by Crippen LogP contribution is -2.29. The van der Waals surface area contributed by atoms with Gasteiger partial charge < -0.3 is 9.47 Å². The number of hydrogen-bond donors (Lipinski definition) is 0. The number of imide groups is 1. The minimum Gasteiger partial charge on any atom is -0.497 e. The molecule has 8 heteroatoms. The van der Waals surface area contributed by atoms with Crippen molar-refractivity contribution in [1.29, 1.82) is 0 Å². The van der Waals surface area contributed by atoms with Gasteiger partial charge in [-0.05, 0) is 48.5 Å². The van der Waals surface area contributed by atoms with Crippen LogP contribution in [-0.4, -0.2) is 34.9 Å². The number of carbonyl (C=O) groups excluding carboxylic acids is 3. The Morgan fingerprint density at radius 1 is 0.929 bits per heavy atom. The van der Waals surface area contributed by atoms with Crippen molar-refractivity contribution in [2.75, 3.05) is 12.0 Å². The van der Waals surface area contributed by atoms with Crippen LogP contribution in [0.3, 0.4) is 0 Å². The van der Waals surface area contributed by atoms with Crippen LogP contribution >= 0.6 is 0 Å². The van der Waals surface area contributed by atoms with Crippen LogP contribution in [0.25, 0.3) is 0 Å². The number of ether oxygens (including phenoxy) is 2. The predicted octanol–water partition coefficient (Wildman–Crippen LogP) is 2.51. The second kappa shape index (κ2) is 6.92. The van der Waals surface area contributed by atoms with Gasteiger partial charge in [-0.3, -0.25) is 9.59 Å². The van der Waals surface area contributed by atoms with Gasteiger partial charge in [0.05, 0.1) is 23.9 Å². The zero-order chi connectivity index (χ0) is 19.7. The Hall–Kier alpha value is -4.07. The van der Waals surface area contributed by atoms with Crippen LogP contribution in [0, 0.1) is 0 Å². The molecule has 0 fully saturated rings. The lowest BCUT2D eigenvalue weighted by molar-refractivity contribution is 0.0734. The molecule has 0 aliphatic carbocycles. The molecule has 4 rings (SSSR count). The standard InChI is InChI=1S/C20H13N3O5/c1-27-14-6-8-15(9-7-14)28-20(26)12-2-4-13(5-3-12)23-18(24)16-10-21-11-22-17(16)19(23)25/h2-11H,1H3. The summed E-state index contributed by atoms with van der Waals surface area (Å²) in [6, 6.07) is 12.6. The van der Waals surface area contributed by atoms with Gasteiger partial charge in [-0.2, -0.15) is 0 Å². The van der Waals surface area contributed by atoms with Crippen molar-refractivity contribution in [1.82, 2.24) is 9.97 Å². The number of anilines is 1. The van der Waals surface area contributed by atoms with Gasteiger partial charge >= 0.3 is 5.97 Å². The highest BCUT2D eigenvalue weighted by molar-refractivity contribution is 6.33. The van der Waals surface area contributed by atoms with Gasteiger partial charge in [0, 0.05) is 6.20 Å². The van der Waals surface area contributed by atoms with Crippen molar-refractivity contribution in [2.45, 2.75) is 0 Å². The highest BCUT2D eigenvalue weighted by atomic mass is 16.5. The van der Waals surface area contributed by atoms with Gasteiger partial charge in [0.25, 0.3) is 11.8 Å². The molecule has 138 valence electrons. The Balaban J connectivity index is 1.52. The van der Waals surface area contributed by atoms with E-state index in [0.717, 1.165) is 4.90 Å². The summed E-state index contributed by atoms with van der Waals surface area (Å²) in [5, 5.41) is 0. The topological polar surface area (TPSA) is 98.7 Å². The Morgan fingerprint density at radius 3 is 2.25 bits per heavy atom. The number of aromatic nitrogens is 2. The van der Waals surface area contributed by atoms with Gasteiger partial charge in [0.2, 0.25) is 0 Å². The van der Waals surface area contributed by atoms with Crippen molar-refractivity contribution in [3.8, 4) is 11.5 Å². The van der Waals surface area contributed by atoms with E-state index in [4.69, 9.17) is 9.47 Å². The van der Waals surface area contributed by atoms with E-state index in [1.807, 2.05) is 0 Å². The number of benzene rings is 2. The number of carbonyl (C=O) groups is 3. The normalized spacial score (nSPS) is 12.7.